The second-order valence-corrected chi connectivity index (χ2v) is 10.8. The molecule has 0 saturated heterocycles. The van der Waals surface area contributed by atoms with Crippen LogP contribution in [-0.4, -0.2) is 53.3 Å². The molecule has 1 fully saturated rings. The van der Waals surface area contributed by atoms with Gasteiger partial charge in [-0.25, -0.2) is 9.78 Å². The number of ether oxygens (including phenoxy) is 1. The summed E-state index contributed by atoms with van der Waals surface area (Å²) >= 11 is 0. The number of carbonyl (C=O) groups is 3. The summed E-state index contributed by atoms with van der Waals surface area (Å²) in [6.07, 6.45) is 5.67. The van der Waals surface area contributed by atoms with E-state index in [9.17, 15) is 19.5 Å². The third-order valence-electron chi connectivity index (χ3n) is 7.63. The van der Waals surface area contributed by atoms with Gasteiger partial charge in [-0.2, -0.15) is 0 Å². The number of allylic oxidation sites excluding steroid dienone is 1. The molecule has 0 aromatic carbocycles. The largest absolute Gasteiger partial charge is 0.476 e. The van der Waals surface area contributed by atoms with Crippen molar-refractivity contribution in [2.75, 3.05) is 18.5 Å². The first kappa shape index (κ1) is 24.9. The summed E-state index contributed by atoms with van der Waals surface area (Å²) in [4.78, 5) is 46.8. The van der Waals surface area contributed by atoms with Crippen molar-refractivity contribution < 1.29 is 24.2 Å². The van der Waals surface area contributed by atoms with Gasteiger partial charge in [0.15, 0.2) is 5.69 Å². The zero-order valence-electron chi connectivity index (χ0n) is 20.8. The Hall–Kier alpha value is -3.23. The van der Waals surface area contributed by atoms with E-state index in [0.29, 0.717) is 31.5 Å². The topological polar surface area (TPSA) is 130 Å². The summed E-state index contributed by atoms with van der Waals surface area (Å²) < 4.78 is 5.85. The van der Waals surface area contributed by atoms with Crippen molar-refractivity contribution in [1.82, 2.24) is 10.3 Å². The lowest BCUT2D eigenvalue weighted by molar-refractivity contribution is -0.161. The number of carboxylic acid groups (broad SMARTS) is 1. The lowest BCUT2D eigenvalue weighted by Gasteiger charge is -2.48. The Morgan fingerprint density at radius 3 is 2.71 bits per heavy atom. The fraction of sp³-hybridized carbons (Fsp3) is 0.577. The van der Waals surface area contributed by atoms with E-state index in [1.54, 1.807) is 39.2 Å². The molecule has 3 aliphatic rings. The first-order valence-electron chi connectivity index (χ1n) is 12.2. The minimum atomic E-state index is -1.12. The third kappa shape index (κ3) is 4.56. The number of aliphatic imine (C=N–C) groups is 1. The van der Waals surface area contributed by atoms with Crippen molar-refractivity contribution in [3.8, 4) is 0 Å². The predicted octanol–water partition coefficient (Wildman–Crippen LogP) is 3.43. The van der Waals surface area contributed by atoms with Gasteiger partial charge in [-0.3, -0.25) is 14.6 Å². The Morgan fingerprint density at radius 1 is 1.29 bits per heavy atom. The standard InChI is InChI=1S/C26H34N4O5/c1-15-7-10-20(31)26(15,13-35-24(34)25(2,3)4)21-16-12-27-14-29-17(16)8-9-18(21)30-19-6-5-11-28-22(19)23(32)33/h5-6,11,14-15,18,21,30H,7-10,12-13H2,1-4H3,(H,27,29)(H,32,33). The second-order valence-electron chi connectivity index (χ2n) is 10.8. The Bertz CT molecular complexity index is 1090. The lowest BCUT2D eigenvalue weighted by atomic mass is 9.60. The van der Waals surface area contributed by atoms with Crippen molar-refractivity contribution in [2.24, 2.45) is 27.7 Å². The van der Waals surface area contributed by atoms with Gasteiger partial charge >= 0.3 is 11.9 Å². The van der Waals surface area contributed by atoms with Crippen LogP contribution >= 0.6 is 0 Å². The van der Waals surface area contributed by atoms with E-state index >= 15 is 0 Å². The van der Waals surface area contributed by atoms with Gasteiger partial charge in [-0.1, -0.05) is 6.92 Å². The average Bonchev–Trinajstić information content (AvgIpc) is 3.10. The molecular weight excluding hydrogens is 448 g/mol. The van der Waals surface area contributed by atoms with Crippen LogP contribution in [0.25, 0.3) is 0 Å². The van der Waals surface area contributed by atoms with Gasteiger partial charge in [0.25, 0.3) is 0 Å². The molecule has 4 atom stereocenters. The van der Waals surface area contributed by atoms with E-state index in [4.69, 9.17) is 4.74 Å². The maximum atomic E-state index is 13.7. The van der Waals surface area contributed by atoms with E-state index in [0.717, 1.165) is 17.7 Å². The van der Waals surface area contributed by atoms with Gasteiger partial charge < -0.3 is 20.5 Å². The molecule has 1 aromatic rings. The van der Waals surface area contributed by atoms with E-state index in [-0.39, 0.29) is 41.9 Å². The normalized spacial score (nSPS) is 28.3. The molecule has 35 heavy (non-hydrogen) atoms. The maximum Gasteiger partial charge on any atom is 0.356 e. The summed E-state index contributed by atoms with van der Waals surface area (Å²) in [6, 6.07) is 3.12. The predicted molar refractivity (Wildman–Crippen MR) is 131 cm³/mol. The van der Waals surface area contributed by atoms with Crippen LogP contribution in [0.15, 0.2) is 34.6 Å². The van der Waals surface area contributed by atoms with E-state index in [2.05, 4.69) is 20.6 Å². The Labute approximate surface area is 205 Å². The van der Waals surface area contributed by atoms with Crippen LogP contribution < -0.4 is 10.6 Å². The summed E-state index contributed by atoms with van der Waals surface area (Å²) in [5.74, 6) is -1.74. The van der Waals surface area contributed by atoms with Crippen molar-refractivity contribution >= 4 is 29.7 Å². The molecule has 3 N–H and O–H groups in total. The molecule has 2 heterocycles. The number of hydrogen-bond acceptors (Lipinski definition) is 8. The van der Waals surface area contributed by atoms with Crippen LogP contribution in [0.2, 0.25) is 0 Å². The highest BCUT2D eigenvalue weighted by atomic mass is 16.5. The molecule has 1 aromatic heterocycles. The number of aromatic nitrogens is 1. The average molecular weight is 483 g/mol. The van der Waals surface area contributed by atoms with Crippen molar-refractivity contribution in [2.45, 2.75) is 59.4 Å². The van der Waals surface area contributed by atoms with Gasteiger partial charge in [-0.15, -0.1) is 0 Å². The van der Waals surface area contributed by atoms with Crippen LogP contribution in [0.4, 0.5) is 5.69 Å². The summed E-state index contributed by atoms with van der Waals surface area (Å²) in [6.45, 7) is 7.87. The number of anilines is 1. The summed E-state index contributed by atoms with van der Waals surface area (Å²) in [7, 11) is 0. The Kier molecular flexibility index (Phi) is 6.71. The number of carbonyl (C=O) groups excluding carboxylic acids is 2. The number of Topliss-reactive ketones (excluding diaryl/α,β-unsaturated/α-hetero) is 1. The number of esters is 1. The molecule has 188 valence electrons. The number of aromatic carboxylic acids is 1. The first-order valence-corrected chi connectivity index (χ1v) is 12.2. The van der Waals surface area contributed by atoms with Crippen LogP contribution in [0, 0.1) is 22.7 Å². The van der Waals surface area contributed by atoms with Crippen LogP contribution in [0.5, 0.6) is 0 Å². The minimum absolute atomic E-state index is 0.00866. The van der Waals surface area contributed by atoms with E-state index in [1.165, 1.54) is 6.20 Å². The zero-order valence-corrected chi connectivity index (χ0v) is 20.8. The lowest BCUT2D eigenvalue weighted by Crippen LogP contribution is -2.54. The van der Waals surface area contributed by atoms with Crippen LogP contribution in [-0.2, 0) is 14.3 Å². The van der Waals surface area contributed by atoms with Gasteiger partial charge in [0.2, 0.25) is 0 Å². The molecule has 4 rings (SSSR count). The number of pyridine rings is 1. The summed E-state index contributed by atoms with van der Waals surface area (Å²) in [5.41, 5.74) is 0.784. The van der Waals surface area contributed by atoms with Gasteiger partial charge in [0, 0.05) is 30.3 Å². The van der Waals surface area contributed by atoms with Crippen molar-refractivity contribution in [3.63, 3.8) is 0 Å². The second kappa shape index (κ2) is 9.43. The molecule has 1 saturated carbocycles. The summed E-state index contributed by atoms with van der Waals surface area (Å²) in [5, 5.41) is 16.3. The molecule has 1 aliphatic heterocycles. The Balaban J connectivity index is 1.78. The monoisotopic (exact) mass is 482 g/mol. The fourth-order valence-electron chi connectivity index (χ4n) is 5.71. The Morgan fingerprint density at radius 2 is 2.06 bits per heavy atom. The van der Waals surface area contributed by atoms with E-state index < -0.39 is 16.8 Å². The number of ketones is 1. The van der Waals surface area contributed by atoms with Crippen molar-refractivity contribution in [1.29, 1.82) is 0 Å². The number of nitrogens with one attached hydrogen (secondary N) is 2. The van der Waals surface area contributed by atoms with Gasteiger partial charge in [-0.05, 0) is 63.7 Å². The molecule has 0 spiro atoms. The molecule has 2 aliphatic carbocycles. The highest BCUT2D eigenvalue weighted by Gasteiger charge is 2.58. The molecule has 4 unspecified atom stereocenters. The van der Waals surface area contributed by atoms with Crippen molar-refractivity contribution in [3.05, 3.63) is 35.3 Å². The quantitative estimate of drug-likeness (QED) is 0.526. The maximum absolute atomic E-state index is 13.7. The molecule has 9 nitrogen and oxygen atoms in total. The smallest absolute Gasteiger partial charge is 0.356 e. The third-order valence-corrected chi connectivity index (χ3v) is 7.63. The highest BCUT2D eigenvalue weighted by molar-refractivity contribution is 5.92. The number of carboxylic acids is 1. The van der Waals surface area contributed by atoms with Crippen LogP contribution in [0.1, 0.15) is 63.9 Å². The number of hydrogen-bond donors (Lipinski definition) is 3. The molecular formula is C26H34N4O5. The fourth-order valence-corrected chi connectivity index (χ4v) is 5.71. The van der Waals surface area contributed by atoms with Gasteiger partial charge in [0.05, 0.1) is 29.4 Å². The van der Waals surface area contributed by atoms with E-state index in [1.807, 2.05) is 6.92 Å². The number of nitrogens with zero attached hydrogens (tertiary/aromatic N) is 2. The number of rotatable bonds is 6. The molecule has 0 radical (unpaired) electrons. The zero-order chi connectivity index (χ0) is 25.4. The van der Waals surface area contributed by atoms with Gasteiger partial charge in [0.1, 0.15) is 12.4 Å². The first-order chi connectivity index (χ1) is 16.6. The SMILES string of the molecule is CC1CCC(=O)C1(COC(=O)C(C)(C)C)C1C2=C(CCC1Nc1cccnc1C(=O)O)NC=NC2. The van der Waals surface area contributed by atoms with Crippen LogP contribution in [0.3, 0.4) is 0 Å². The molecule has 9 heteroatoms. The minimum Gasteiger partial charge on any atom is -0.476 e. The highest BCUT2D eigenvalue weighted by Crippen LogP contribution is 2.53. The molecule has 0 amide bonds. The molecule has 0 bridgehead atoms.